The van der Waals surface area contributed by atoms with Crippen molar-refractivity contribution in [3.8, 4) is 0 Å². The molecule has 11 nitrogen and oxygen atoms in total. The van der Waals surface area contributed by atoms with Crippen LogP contribution < -0.4 is 21.5 Å². The van der Waals surface area contributed by atoms with E-state index in [4.69, 9.17) is 10.9 Å². The van der Waals surface area contributed by atoms with E-state index >= 15 is 0 Å². The number of fused-ring (bicyclic) bond motifs is 1. The highest BCUT2D eigenvalue weighted by atomic mass is 32.2. The fourth-order valence-corrected chi connectivity index (χ4v) is 6.57. The molecule has 14 heteroatoms. The second-order valence-corrected chi connectivity index (χ2v) is 13.0. The minimum atomic E-state index is -3.80. The number of nitrogens with one attached hydrogen (secondary N) is 2. The summed E-state index contributed by atoms with van der Waals surface area (Å²) in [5, 5.41) is 9.67. The van der Waals surface area contributed by atoms with Crippen molar-refractivity contribution in [1.82, 2.24) is 14.3 Å². The third kappa shape index (κ3) is 5.57. The molecule has 5 rings (SSSR count). The van der Waals surface area contributed by atoms with E-state index in [-0.39, 0.29) is 23.6 Å². The molecular formula is C23H26FN7O4S2. The van der Waals surface area contributed by atoms with Crippen molar-refractivity contribution in [2.45, 2.75) is 36.4 Å². The summed E-state index contributed by atoms with van der Waals surface area (Å²) >= 11 is 0. The Hall–Kier alpha value is -3.17. The maximum absolute atomic E-state index is 14.4. The van der Waals surface area contributed by atoms with Gasteiger partial charge in [0.2, 0.25) is 5.95 Å². The number of hydrogen-bond donors (Lipinski definition) is 4. The topological polar surface area (TPSA) is 173 Å². The molecule has 0 amide bonds. The van der Waals surface area contributed by atoms with Gasteiger partial charge in [-0.3, -0.25) is 0 Å². The molecule has 3 aromatic rings. The fourth-order valence-electron chi connectivity index (χ4n) is 4.16. The molecule has 1 aliphatic heterocycles. The van der Waals surface area contributed by atoms with E-state index in [9.17, 15) is 21.2 Å². The Labute approximate surface area is 214 Å². The van der Waals surface area contributed by atoms with Crippen LogP contribution in [0.1, 0.15) is 34.9 Å². The summed E-state index contributed by atoms with van der Waals surface area (Å²) in [4.78, 5) is 8.18. The number of rotatable bonds is 8. The van der Waals surface area contributed by atoms with E-state index in [0.717, 1.165) is 17.3 Å². The lowest BCUT2D eigenvalue weighted by Crippen LogP contribution is -2.40. The molecule has 0 spiro atoms. The Bertz CT molecular complexity index is 1550. The van der Waals surface area contributed by atoms with Gasteiger partial charge in [0.1, 0.15) is 5.37 Å². The van der Waals surface area contributed by atoms with Gasteiger partial charge in [-0.2, -0.15) is 17.7 Å². The third-order valence-corrected chi connectivity index (χ3v) is 9.80. The normalized spacial score (nSPS) is 17.2. The molecule has 1 aromatic heterocycles. The van der Waals surface area contributed by atoms with E-state index in [1.807, 2.05) is 12.1 Å². The number of aromatic nitrogens is 2. The largest absolute Gasteiger partial charge is 0.338 e. The van der Waals surface area contributed by atoms with Gasteiger partial charge < -0.3 is 16.4 Å². The van der Waals surface area contributed by atoms with Crippen LogP contribution in [0.15, 0.2) is 48.7 Å². The third-order valence-electron chi connectivity index (χ3n) is 6.39. The number of halogens is 1. The van der Waals surface area contributed by atoms with Gasteiger partial charge in [-0.05, 0) is 60.2 Å². The standard InChI is InChI=1S/C23H26FN7O4S2/c24-20-12-27-23(29-18-6-1-14-9-10-31(37(26,34)35)13-16(14)11-18)30-22(20)28-17-4-2-15(3-5-17)21(25)36(32,33)19-7-8-19/h1-6,11-12,19,21H,7-10,13,25H2,(H2,26,34,35)(H2,27,28,29,30). The molecule has 2 heterocycles. The minimum Gasteiger partial charge on any atom is -0.338 e. The molecular weight excluding hydrogens is 521 g/mol. The van der Waals surface area contributed by atoms with E-state index in [0.29, 0.717) is 42.7 Å². The molecule has 6 N–H and O–H groups in total. The molecule has 1 unspecified atom stereocenters. The minimum absolute atomic E-state index is 0.0847. The number of sulfone groups is 1. The number of nitrogens with zero attached hydrogens (tertiary/aromatic N) is 3. The smallest absolute Gasteiger partial charge is 0.277 e. The molecule has 196 valence electrons. The fraction of sp³-hybridized carbons (Fsp3) is 0.304. The summed E-state index contributed by atoms with van der Waals surface area (Å²) in [6, 6.07) is 11.9. The summed E-state index contributed by atoms with van der Waals surface area (Å²) in [7, 11) is -7.21. The van der Waals surface area contributed by atoms with Crippen molar-refractivity contribution in [1.29, 1.82) is 0 Å². The monoisotopic (exact) mass is 547 g/mol. The van der Waals surface area contributed by atoms with Crippen LogP contribution in [-0.4, -0.2) is 42.9 Å². The molecule has 0 radical (unpaired) electrons. The van der Waals surface area contributed by atoms with E-state index in [1.54, 1.807) is 30.3 Å². The van der Waals surface area contributed by atoms with E-state index in [2.05, 4.69) is 20.6 Å². The zero-order chi connectivity index (χ0) is 26.4. The van der Waals surface area contributed by atoms with Crippen LogP contribution in [0, 0.1) is 5.82 Å². The lowest BCUT2D eigenvalue weighted by molar-refractivity contribution is 0.392. The van der Waals surface area contributed by atoms with Gasteiger partial charge in [0, 0.05) is 24.5 Å². The Balaban J connectivity index is 1.30. The van der Waals surface area contributed by atoms with Crippen LogP contribution >= 0.6 is 0 Å². The molecule has 2 aliphatic rings. The molecule has 37 heavy (non-hydrogen) atoms. The number of benzene rings is 2. The van der Waals surface area contributed by atoms with Crippen molar-refractivity contribution in [2.24, 2.45) is 10.9 Å². The first-order valence-electron chi connectivity index (χ1n) is 11.6. The number of nitrogens with two attached hydrogens (primary N) is 2. The summed E-state index contributed by atoms with van der Waals surface area (Å²) < 4.78 is 63.9. The zero-order valence-corrected chi connectivity index (χ0v) is 21.3. The molecule has 1 fully saturated rings. The van der Waals surface area contributed by atoms with Crippen LogP contribution in [0.5, 0.6) is 0 Å². The Morgan fingerprint density at radius 2 is 1.70 bits per heavy atom. The predicted molar refractivity (Wildman–Crippen MR) is 138 cm³/mol. The Kier molecular flexibility index (Phi) is 6.62. The van der Waals surface area contributed by atoms with Gasteiger partial charge in [0.15, 0.2) is 21.5 Å². The first-order valence-corrected chi connectivity index (χ1v) is 14.7. The number of hydrogen-bond acceptors (Lipinski definition) is 9. The number of anilines is 4. The average Bonchev–Trinajstić information content (AvgIpc) is 3.71. The second kappa shape index (κ2) is 9.61. The lowest BCUT2D eigenvalue weighted by atomic mass is 10.0. The van der Waals surface area contributed by atoms with Gasteiger partial charge in [-0.1, -0.05) is 18.2 Å². The molecule has 1 atom stereocenters. The second-order valence-electron chi connectivity index (χ2n) is 9.08. The van der Waals surface area contributed by atoms with Crippen molar-refractivity contribution < 1.29 is 21.2 Å². The highest BCUT2D eigenvalue weighted by Crippen LogP contribution is 2.35. The van der Waals surface area contributed by atoms with E-state index in [1.165, 1.54) is 4.31 Å². The summed E-state index contributed by atoms with van der Waals surface area (Å²) in [6.45, 7) is 0.473. The van der Waals surface area contributed by atoms with Gasteiger partial charge in [-0.15, -0.1) is 0 Å². The first-order chi connectivity index (χ1) is 17.5. The van der Waals surface area contributed by atoms with Gasteiger partial charge >= 0.3 is 0 Å². The highest BCUT2D eigenvalue weighted by molar-refractivity contribution is 7.92. The van der Waals surface area contributed by atoms with Crippen molar-refractivity contribution in [2.75, 3.05) is 17.2 Å². The highest BCUT2D eigenvalue weighted by Gasteiger charge is 2.40. The van der Waals surface area contributed by atoms with Gasteiger partial charge in [0.05, 0.1) is 11.4 Å². The maximum Gasteiger partial charge on any atom is 0.277 e. The average molecular weight is 548 g/mol. The molecule has 2 aromatic carbocycles. The molecule has 1 saturated carbocycles. The molecule has 1 aliphatic carbocycles. The van der Waals surface area contributed by atoms with Gasteiger partial charge in [0.25, 0.3) is 10.2 Å². The quantitative estimate of drug-likeness (QED) is 0.330. The maximum atomic E-state index is 14.4. The zero-order valence-electron chi connectivity index (χ0n) is 19.6. The molecule has 0 bridgehead atoms. The SMILES string of the molecule is NC(c1ccc(Nc2nc(Nc3ccc4c(c3)CN(S(N)(=O)=O)CC4)ncc2F)cc1)S(=O)(=O)C1CC1. The van der Waals surface area contributed by atoms with Gasteiger partial charge in [-0.25, -0.2) is 22.9 Å². The van der Waals surface area contributed by atoms with Crippen molar-refractivity contribution >= 4 is 43.2 Å². The Morgan fingerprint density at radius 3 is 2.38 bits per heavy atom. The summed E-state index contributed by atoms with van der Waals surface area (Å²) in [5.41, 5.74) is 9.32. The molecule has 0 saturated heterocycles. The van der Waals surface area contributed by atoms with Crippen LogP contribution in [-0.2, 0) is 33.0 Å². The van der Waals surface area contributed by atoms with Crippen molar-refractivity contribution in [3.63, 3.8) is 0 Å². The van der Waals surface area contributed by atoms with Crippen LogP contribution in [0.25, 0.3) is 0 Å². The van der Waals surface area contributed by atoms with E-state index < -0.39 is 31.2 Å². The van der Waals surface area contributed by atoms with Crippen LogP contribution in [0.3, 0.4) is 0 Å². The van der Waals surface area contributed by atoms with Crippen LogP contribution in [0.4, 0.5) is 27.5 Å². The van der Waals surface area contributed by atoms with Crippen LogP contribution in [0.2, 0.25) is 0 Å². The summed E-state index contributed by atoms with van der Waals surface area (Å²) in [6.07, 6.45) is 2.84. The lowest BCUT2D eigenvalue weighted by Gasteiger charge is -2.26. The Morgan fingerprint density at radius 1 is 1.00 bits per heavy atom. The predicted octanol–water partition coefficient (Wildman–Crippen LogP) is 2.20. The summed E-state index contributed by atoms with van der Waals surface area (Å²) in [5.74, 6) is -0.646. The van der Waals surface area contributed by atoms with Crippen molar-refractivity contribution in [3.05, 3.63) is 71.2 Å². The first kappa shape index (κ1) is 25.5.